The van der Waals surface area contributed by atoms with Crippen molar-refractivity contribution in [3.8, 4) is 0 Å². The van der Waals surface area contributed by atoms with Crippen molar-refractivity contribution in [2.24, 2.45) is 0 Å². The number of ether oxygens (including phenoxy) is 3. The number of allylic oxidation sites excluding steroid dienone is 24. The first-order valence-electron chi connectivity index (χ1n) is 30.3. The Kier molecular flexibility index (Phi) is 58.0. The second-order valence-corrected chi connectivity index (χ2v) is 19.5. The minimum Gasteiger partial charge on any atom is -0.462 e. The maximum Gasteiger partial charge on any atom is 0.306 e. The Bertz CT molecular complexity index is 1570. The lowest BCUT2D eigenvalue weighted by Crippen LogP contribution is -2.30. The third kappa shape index (κ3) is 60.0. The topological polar surface area (TPSA) is 78.9 Å². The van der Waals surface area contributed by atoms with Gasteiger partial charge in [0.25, 0.3) is 0 Å². The maximum absolute atomic E-state index is 12.9. The molecule has 422 valence electrons. The molecule has 0 aromatic carbocycles. The van der Waals surface area contributed by atoms with Gasteiger partial charge in [-0.25, -0.2) is 0 Å². The van der Waals surface area contributed by atoms with Crippen LogP contribution in [0.1, 0.15) is 252 Å². The van der Waals surface area contributed by atoms with Crippen molar-refractivity contribution in [2.75, 3.05) is 13.2 Å². The quantitative estimate of drug-likeness (QED) is 0.0261. The van der Waals surface area contributed by atoms with E-state index >= 15 is 0 Å². The summed E-state index contributed by atoms with van der Waals surface area (Å²) in [6.45, 7) is 6.29. The number of rotatable bonds is 53. The molecular weight excluding hydrogens is 925 g/mol. The second-order valence-electron chi connectivity index (χ2n) is 19.5. The van der Waals surface area contributed by atoms with Crippen molar-refractivity contribution in [2.45, 2.75) is 258 Å². The Hall–Kier alpha value is -4.71. The highest BCUT2D eigenvalue weighted by Gasteiger charge is 2.19. The maximum atomic E-state index is 12.9. The molecule has 0 aromatic heterocycles. The smallest absolute Gasteiger partial charge is 0.306 e. The van der Waals surface area contributed by atoms with Gasteiger partial charge >= 0.3 is 17.9 Å². The van der Waals surface area contributed by atoms with E-state index in [2.05, 4.69) is 142 Å². The third-order valence-corrected chi connectivity index (χ3v) is 12.4. The van der Waals surface area contributed by atoms with Crippen LogP contribution in [0.5, 0.6) is 0 Å². The van der Waals surface area contributed by atoms with Crippen molar-refractivity contribution < 1.29 is 28.6 Å². The molecule has 0 fully saturated rings. The van der Waals surface area contributed by atoms with Crippen LogP contribution in [-0.4, -0.2) is 37.2 Å². The molecule has 0 atom stereocenters. The fourth-order valence-corrected chi connectivity index (χ4v) is 7.91. The Morgan fingerprint density at radius 1 is 0.280 bits per heavy atom. The second kappa shape index (κ2) is 61.8. The fourth-order valence-electron chi connectivity index (χ4n) is 7.91. The lowest BCUT2D eigenvalue weighted by atomic mass is 10.0. The van der Waals surface area contributed by atoms with E-state index in [1.54, 1.807) is 0 Å². The van der Waals surface area contributed by atoms with Gasteiger partial charge in [-0.2, -0.15) is 0 Å². The van der Waals surface area contributed by atoms with Gasteiger partial charge in [0.2, 0.25) is 0 Å². The molecule has 0 aliphatic rings. The molecular formula is C69H110O6. The number of unbranched alkanes of at least 4 members (excludes halogenated alkanes) is 18. The number of hydrogen-bond acceptors (Lipinski definition) is 6. The number of hydrogen-bond donors (Lipinski definition) is 0. The molecule has 0 rings (SSSR count). The van der Waals surface area contributed by atoms with Crippen LogP contribution < -0.4 is 0 Å². The fraction of sp³-hybridized carbons (Fsp3) is 0.609. The number of carbonyl (C=O) groups is 3. The summed E-state index contributed by atoms with van der Waals surface area (Å²) in [6, 6.07) is 0. The molecule has 0 aromatic rings. The molecule has 0 heterocycles. The van der Waals surface area contributed by atoms with Gasteiger partial charge in [-0.05, 0) is 96.3 Å². The largest absolute Gasteiger partial charge is 0.462 e. The minimum atomic E-state index is -0.845. The van der Waals surface area contributed by atoms with Crippen LogP contribution in [0.25, 0.3) is 0 Å². The normalized spacial score (nSPS) is 12.8. The van der Waals surface area contributed by atoms with E-state index in [1.165, 1.54) is 103 Å². The standard InChI is InChI=1S/C69H110O6/c1-4-7-10-13-16-19-22-25-28-31-34-37-40-43-46-49-52-55-58-61-67(70)73-64-66(75-69(72)63-60-57-54-51-48-45-42-39-36-33-30-27-24-21-18-15-12-9-6-3)65-74-68(71)62-59-56-53-50-47-44-41-38-35-32-29-26-23-20-17-14-11-8-5-2/h7-8,10-11,16-17,19-20,25-26,28-29,34-35,37-38,43-44,46-47,52-53,55-56,66H,4-6,9,12-15,18,21-24,27,30-33,36,39-42,45,48-51,54,57-65H2,1-3H3/b10-7-,11-8-,19-16-,20-17-,28-25-,29-26-,37-34-,38-35-,46-43-,47-44-,55-52-,56-53-. The molecule has 0 bridgehead atoms. The van der Waals surface area contributed by atoms with E-state index in [0.29, 0.717) is 19.3 Å². The highest BCUT2D eigenvalue weighted by Crippen LogP contribution is 2.16. The van der Waals surface area contributed by atoms with Crippen LogP contribution >= 0.6 is 0 Å². The molecule has 0 aliphatic carbocycles. The first-order valence-corrected chi connectivity index (χ1v) is 30.3. The van der Waals surface area contributed by atoms with Gasteiger partial charge in [-0.1, -0.05) is 282 Å². The molecule has 6 heteroatoms. The van der Waals surface area contributed by atoms with Crippen LogP contribution in [0.3, 0.4) is 0 Å². The van der Waals surface area contributed by atoms with E-state index in [1.807, 2.05) is 24.3 Å². The van der Waals surface area contributed by atoms with Crippen LogP contribution in [-0.2, 0) is 28.6 Å². The van der Waals surface area contributed by atoms with Crippen LogP contribution in [0.15, 0.2) is 146 Å². The van der Waals surface area contributed by atoms with E-state index in [0.717, 1.165) is 96.3 Å². The average molecular weight is 1040 g/mol. The van der Waals surface area contributed by atoms with Crippen LogP contribution in [0.2, 0.25) is 0 Å². The molecule has 0 N–H and O–H groups in total. The molecule has 0 amide bonds. The minimum absolute atomic E-state index is 0.145. The van der Waals surface area contributed by atoms with E-state index in [9.17, 15) is 14.4 Å². The summed E-state index contributed by atoms with van der Waals surface area (Å²) in [6.07, 6.45) is 88.7. The van der Waals surface area contributed by atoms with E-state index in [-0.39, 0.29) is 44.0 Å². The van der Waals surface area contributed by atoms with Crippen LogP contribution in [0.4, 0.5) is 0 Å². The van der Waals surface area contributed by atoms with Gasteiger partial charge in [-0.3, -0.25) is 14.4 Å². The Balaban J connectivity index is 4.60. The number of esters is 3. The lowest BCUT2D eigenvalue weighted by molar-refractivity contribution is -0.166. The predicted octanol–water partition coefficient (Wildman–Crippen LogP) is 20.8. The van der Waals surface area contributed by atoms with Gasteiger partial charge in [-0.15, -0.1) is 0 Å². The molecule has 0 saturated carbocycles. The average Bonchev–Trinajstić information content (AvgIpc) is 3.41. The zero-order valence-corrected chi connectivity index (χ0v) is 48.3. The van der Waals surface area contributed by atoms with Crippen molar-refractivity contribution in [1.29, 1.82) is 0 Å². The molecule has 0 unspecified atom stereocenters. The zero-order chi connectivity index (χ0) is 54.3. The SMILES string of the molecule is CC/C=C\C/C=C\C/C=C\C/C=C\C/C=C\C/C=C\CCC(=O)OCC(COC(=O)CC/C=C\C/C=C\C/C=C\C/C=C\C/C=C\C/C=C\CC)OC(=O)CCCCCCCCCCCCCCCCCCCCC. The van der Waals surface area contributed by atoms with Crippen molar-refractivity contribution in [1.82, 2.24) is 0 Å². The van der Waals surface area contributed by atoms with Gasteiger partial charge in [0, 0.05) is 19.3 Å². The molecule has 0 aliphatic heterocycles. The van der Waals surface area contributed by atoms with Crippen molar-refractivity contribution in [3.63, 3.8) is 0 Å². The van der Waals surface area contributed by atoms with Crippen molar-refractivity contribution in [3.05, 3.63) is 146 Å². The van der Waals surface area contributed by atoms with E-state index in [4.69, 9.17) is 14.2 Å². The molecule has 0 saturated heterocycles. The third-order valence-electron chi connectivity index (χ3n) is 12.4. The van der Waals surface area contributed by atoms with Gasteiger partial charge in [0.15, 0.2) is 6.10 Å². The van der Waals surface area contributed by atoms with Gasteiger partial charge < -0.3 is 14.2 Å². The summed E-state index contributed by atoms with van der Waals surface area (Å²) in [4.78, 5) is 38.2. The highest BCUT2D eigenvalue weighted by molar-refractivity contribution is 5.71. The number of carbonyl (C=O) groups excluding carboxylic acids is 3. The Morgan fingerprint density at radius 3 is 0.787 bits per heavy atom. The van der Waals surface area contributed by atoms with Gasteiger partial charge in [0.1, 0.15) is 13.2 Å². The Morgan fingerprint density at radius 2 is 0.520 bits per heavy atom. The zero-order valence-electron chi connectivity index (χ0n) is 48.3. The van der Waals surface area contributed by atoms with E-state index < -0.39 is 6.10 Å². The molecule has 75 heavy (non-hydrogen) atoms. The summed E-state index contributed by atoms with van der Waals surface area (Å²) in [5.41, 5.74) is 0. The first-order chi connectivity index (χ1) is 37.0. The first kappa shape index (κ1) is 70.3. The molecule has 0 spiro atoms. The summed E-state index contributed by atoms with van der Waals surface area (Å²) < 4.78 is 16.8. The van der Waals surface area contributed by atoms with Gasteiger partial charge in [0.05, 0.1) is 0 Å². The van der Waals surface area contributed by atoms with Crippen molar-refractivity contribution >= 4 is 17.9 Å². The predicted molar refractivity (Wildman–Crippen MR) is 325 cm³/mol. The summed E-state index contributed by atoms with van der Waals surface area (Å²) in [7, 11) is 0. The summed E-state index contributed by atoms with van der Waals surface area (Å²) >= 11 is 0. The summed E-state index contributed by atoms with van der Waals surface area (Å²) in [5.74, 6) is -1.10. The lowest BCUT2D eigenvalue weighted by Gasteiger charge is -2.18. The molecule has 0 radical (unpaired) electrons. The Labute approximate surface area is 461 Å². The molecule has 6 nitrogen and oxygen atoms in total. The monoisotopic (exact) mass is 1030 g/mol. The summed E-state index contributed by atoms with van der Waals surface area (Å²) in [5, 5.41) is 0. The highest BCUT2D eigenvalue weighted by atomic mass is 16.6. The van der Waals surface area contributed by atoms with Crippen LogP contribution in [0, 0.1) is 0 Å².